The second-order valence-electron chi connectivity index (χ2n) is 5.86. The van der Waals surface area contributed by atoms with E-state index in [1.165, 1.54) is 62.7 Å². The van der Waals surface area contributed by atoms with Gasteiger partial charge in [-0.1, -0.05) is 30.8 Å². The highest BCUT2D eigenvalue weighted by Crippen LogP contribution is 2.37. The van der Waals surface area contributed by atoms with E-state index in [0.29, 0.717) is 11.8 Å². The van der Waals surface area contributed by atoms with Crippen LogP contribution >= 0.6 is 0 Å². The smallest absolute Gasteiger partial charge is 0.143 e. The van der Waals surface area contributed by atoms with Gasteiger partial charge in [0.1, 0.15) is 5.76 Å². The summed E-state index contributed by atoms with van der Waals surface area (Å²) in [6, 6.07) is 0. The first-order chi connectivity index (χ1) is 8.95. The van der Waals surface area contributed by atoms with E-state index in [0.717, 1.165) is 13.1 Å². The molecule has 0 radical (unpaired) electrons. The number of rotatable bonds is 2. The van der Waals surface area contributed by atoms with Crippen molar-refractivity contribution >= 4 is 0 Å². The van der Waals surface area contributed by atoms with E-state index < -0.39 is 0 Å². The van der Waals surface area contributed by atoms with Crippen LogP contribution < -0.4 is 5.32 Å². The highest BCUT2D eigenvalue weighted by Gasteiger charge is 2.26. The lowest BCUT2D eigenvalue weighted by Gasteiger charge is -2.23. The van der Waals surface area contributed by atoms with Gasteiger partial charge in [-0.3, -0.25) is 0 Å². The first-order valence-corrected chi connectivity index (χ1v) is 7.60. The molecule has 3 rings (SSSR count). The normalized spacial score (nSPS) is 24.0. The van der Waals surface area contributed by atoms with Crippen LogP contribution in [0.25, 0.3) is 0 Å². The molecular formula is C15H24N2O. The van der Waals surface area contributed by atoms with Crippen molar-refractivity contribution in [2.45, 2.75) is 63.2 Å². The SMILES string of the molecule is c1noc(C2CCNCC2)c1C1CCCCCC1. The fourth-order valence-corrected chi connectivity index (χ4v) is 3.55. The predicted molar refractivity (Wildman–Crippen MR) is 71.8 cm³/mol. The molecule has 0 atom stereocenters. The quantitative estimate of drug-likeness (QED) is 0.813. The lowest BCUT2D eigenvalue weighted by Crippen LogP contribution is -2.27. The molecule has 1 N–H and O–H groups in total. The van der Waals surface area contributed by atoms with Gasteiger partial charge in [0.2, 0.25) is 0 Å². The minimum Gasteiger partial charge on any atom is -0.361 e. The van der Waals surface area contributed by atoms with Gasteiger partial charge in [-0.15, -0.1) is 0 Å². The average Bonchev–Trinajstić information content (AvgIpc) is 2.75. The Morgan fingerprint density at radius 2 is 1.67 bits per heavy atom. The summed E-state index contributed by atoms with van der Waals surface area (Å²) in [5.41, 5.74) is 1.43. The van der Waals surface area contributed by atoms with Crippen LogP contribution in [-0.2, 0) is 0 Å². The van der Waals surface area contributed by atoms with Gasteiger partial charge in [0.25, 0.3) is 0 Å². The van der Waals surface area contributed by atoms with E-state index in [2.05, 4.69) is 10.5 Å². The Hall–Kier alpha value is -0.830. The van der Waals surface area contributed by atoms with Crippen LogP contribution in [0.2, 0.25) is 0 Å². The molecule has 2 fully saturated rings. The Bertz CT molecular complexity index is 360. The van der Waals surface area contributed by atoms with Crippen molar-refractivity contribution in [3.05, 3.63) is 17.5 Å². The number of nitrogens with one attached hydrogen (secondary N) is 1. The van der Waals surface area contributed by atoms with Crippen molar-refractivity contribution in [2.75, 3.05) is 13.1 Å². The standard InChI is InChI=1S/C15H24N2O/c1-2-4-6-12(5-3-1)14-11-17-18-15(14)13-7-9-16-10-8-13/h11-13,16H,1-10H2. The first-order valence-electron chi connectivity index (χ1n) is 7.60. The third-order valence-corrected chi connectivity index (χ3v) is 4.63. The fourth-order valence-electron chi connectivity index (χ4n) is 3.55. The maximum absolute atomic E-state index is 5.62. The average molecular weight is 248 g/mol. The van der Waals surface area contributed by atoms with Gasteiger partial charge in [-0.05, 0) is 44.7 Å². The zero-order valence-electron chi connectivity index (χ0n) is 11.2. The summed E-state index contributed by atoms with van der Waals surface area (Å²) in [6.07, 6.45) is 12.6. The van der Waals surface area contributed by atoms with Gasteiger partial charge in [0.05, 0.1) is 6.20 Å². The van der Waals surface area contributed by atoms with E-state index in [-0.39, 0.29) is 0 Å². The van der Waals surface area contributed by atoms with Crippen molar-refractivity contribution in [1.82, 2.24) is 10.5 Å². The monoisotopic (exact) mass is 248 g/mol. The van der Waals surface area contributed by atoms with Gasteiger partial charge in [0.15, 0.2) is 0 Å². The van der Waals surface area contributed by atoms with Gasteiger partial charge >= 0.3 is 0 Å². The van der Waals surface area contributed by atoms with Crippen molar-refractivity contribution < 1.29 is 4.52 Å². The number of hydrogen-bond acceptors (Lipinski definition) is 3. The Morgan fingerprint density at radius 1 is 0.944 bits per heavy atom. The van der Waals surface area contributed by atoms with E-state index in [1.54, 1.807) is 0 Å². The maximum atomic E-state index is 5.62. The van der Waals surface area contributed by atoms with Gasteiger partial charge in [-0.25, -0.2) is 0 Å². The van der Waals surface area contributed by atoms with Crippen molar-refractivity contribution in [2.24, 2.45) is 0 Å². The number of aromatic nitrogens is 1. The Morgan fingerprint density at radius 3 is 2.39 bits per heavy atom. The topological polar surface area (TPSA) is 38.1 Å². The third-order valence-electron chi connectivity index (χ3n) is 4.63. The summed E-state index contributed by atoms with van der Waals surface area (Å²) in [6.45, 7) is 2.24. The number of piperidine rings is 1. The zero-order valence-corrected chi connectivity index (χ0v) is 11.2. The van der Waals surface area contributed by atoms with Crippen LogP contribution in [0.4, 0.5) is 0 Å². The molecule has 100 valence electrons. The molecule has 3 heteroatoms. The Labute approximate surface area is 109 Å². The Balaban J connectivity index is 1.76. The molecule has 1 aromatic heterocycles. The fraction of sp³-hybridized carbons (Fsp3) is 0.800. The van der Waals surface area contributed by atoms with Crippen LogP contribution in [0.5, 0.6) is 0 Å². The molecule has 1 aliphatic carbocycles. The lowest BCUT2D eigenvalue weighted by molar-refractivity contribution is 0.323. The lowest BCUT2D eigenvalue weighted by atomic mass is 9.86. The molecule has 2 aliphatic rings. The molecule has 0 aromatic carbocycles. The molecule has 0 bridgehead atoms. The second kappa shape index (κ2) is 5.87. The summed E-state index contributed by atoms with van der Waals surface area (Å²) >= 11 is 0. The van der Waals surface area contributed by atoms with Crippen LogP contribution in [0, 0.1) is 0 Å². The molecule has 0 amide bonds. The Kier molecular flexibility index (Phi) is 3.99. The molecule has 1 aromatic rings. The second-order valence-corrected chi connectivity index (χ2v) is 5.86. The summed E-state index contributed by atoms with van der Waals surface area (Å²) < 4.78 is 5.62. The summed E-state index contributed by atoms with van der Waals surface area (Å²) in [4.78, 5) is 0. The molecule has 0 unspecified atom stereocenters. The van der Waals surface area contributed by atoms with Gasteiger partial charge < -0.3 is 9.84 Å². The number of nitrogens with zero attached hydrogens (tertiary/aromatic N) is 1. The van der Waals surface area contributed by atoms with Crippen LogP contribution in [0.3, 0.4) is 0 Å². The summed E-state index contributed by atoms with van der Waals surface area (Å²) in [7, 11) is 0. The van der Waals surface area contributed by atoms with Crippen LogP contribution in [0.15, 0.2) is 10.7 Å². The minimum atomic E-state index is 0.604. The van der Waals surface area contributed by atoms with E-state index in [4.69, 9.17) is 4.52 Å². The molecule has 1 saturated heterocycles. The summed E-state index contributed by atoms with van der Waals surface area (Å²) in [5.74, 6) is 2.53. The molecule has 18 heavy (non-hydrogen) atoms. The third kappa shape index (κ3) is 2.61. The molecule has 2 heterocycles. The van der Waals surface area contributed by atoms with E-state index in [9.17, 15) is 0 Å². The van der Waals surface area contributed by atoms with E-state index in [1.807, 2.05) is 6.20 Å². The number of hydrogen-bond donors (Lipinski definition) is 1. The maximum Gasteiger partial charge on any atom is 0.143 e. The highest BCUT2D eigenvalue weighted by molar-refractivity contribution is 5.23. The van der Waals surface area contributed by atoms with Crippen molar-refractivity contribution in [3.8, 4) is 0 Å². The van der Waals surface area contributed by atoms with Crippen molar-refractivity contribution in [1.29, 1.82) is 0 Å². The van der Waals surface area contributed by atoms with Crippen molar-refractivity contribution in [3.63, 3.8) is 0 Å². The molecule has 1 saturated carbocycles. The molecular weight excluding hydrogens is 224 g/mol. The largest absolute Gasteiger partial charge is 0.361 e. The van der Waals surface area contributed by atoms with Gasteiger partial charge in [-0.2, -0.15) is 0 Å². The summed E-state index contributed by atoms with van der Waals surface area (Å²) in [5, 5.41) is 7.53. The van der Waals surface area contributed by atoms with Gasteiger partial charge in [0, 0.05) is 11.5 Å². The molecule has 1 aliphatic heterocycles. The highest BCUT2D eigenvalue weighted by atomic mass is 16.5. The molecule has 3 nitrogen and oxygen atoms in total. The van der Waals surface area contributed by atoms with E-state index >= 15 is 0 Å². The zero-order chi connectivity index (χ0) is 12.2. The minimum absolute atomic E-state index is 0.604. The van der Waals surface area contributed by atoms with Crippen LogP contribution in [0.1, 0.15) is 74.5 Å². The van der Waals surface area contributed by atoms with Crippen LogP contribution in [-0.4, -0.2) is 18.2 Å². The first kappa shape index (κ1) is 12.2. The molecule has 0 spiro atoms. The predicted octanol–water partition coefficient (Wildman–Crippen LogP) is 3.58.